The zero-order valence-corrected chi connectivity index (χ0v) is 14.1. The Labute approximate surface area is 145 Å². The van der Waals surface area contributed by atoms with E-state index in [1.165, 1.54) is 0 Å². The van der Waals surface area contributed by atoms with Crippen LogP contribution in [-0.4, -0.2) is 18.7 Å². The summed E-state index contributed by atoms with van der Waals surface area (Å²) in [5, 5.41) is 10.0. The van der Waals surface area contributed by atoms with Crippen molar-refractivity contribution in [3.05, 3.63) is 64.1 Å². The smallest absolute Gasteiger partial charge is 0.255 e. The van der Waals surface area contributed by atoms with Crippen LogP contribution >= 0.6 is 0 Å². The topological polar surface area (TPSA) is 75.1 Å². The molecule has 1 N–H and O–H groups in total. The summed E-state index contributed by atoms with van der Waals surface area (Å²) in [7, 11) is 1.66. The quantitative estimate of drug-likeness (QED) is 0.774. The van der Waals surface area contributed by atoms with Gasteiger partial charge in [-0.2, -0.15) is 5.26 Å². The Morgan fingerprint density at radius 2 is 2.04 bits per heavy atom. The number of aromatic amines is 1. The first-order valence-electron chi connectivity index (χ1n) is 7.88. The summed E-state index contributed by atoms with van der Waals surface area (Å²) in [4.78, 5) is 15.1. The number of nitrogens with one attached hydrogen (secondary N) is 1. The zero-order chi connectivity index (χ0) is 17.8. The molecular weight excluding hydrogens is 316 g/mol. The van der Waals surface area contributed by atoms with E-state index in [0.717, 1.165) is 27.6 Å². The summed E-state index contributed by atoms with van der Waals surface area (Å²) in [5.41, 5.74) is 3.96. The Morgan fingerprint density at radius 3 is 2.80 bits per heavy atom. The average molecular weight is 334 g/mol. The molecule has 25 heavy (non-hydrogen) atoms. The number of ether oxygens (including phenoxy) is 2. The number of nitrogens with zero attached hydrogens (tertiary/aromatic N) is 1. The molecule has 0 aliphatic carbocycles. The molecule has 1 heterocycles. The first-order valence-corrected chi connectivity index (χ1v) is 7.88. The van der Waals surface area contributed by atoms with Gasteiger partial charge in [-0.05, 0) is 47.2 Å². The van der Waals surface area contributed by atoms with Gasteiger partial charge in [0, 0.05) is 18.9 Å². The van der Waals surface area contributed by atoms with E-state index in [0.29, 0.717) is 17.7 Å². The van der Waals surface area contributed by atoms with Crippen LogP contribution in [0.4, 0.5) is 0 Å². The lowest BCUT2D eigenvalue weighted by Crippen LogP contribution is -2.07. The molecule has 3 rings (SSSR count). The van der Waals surface area contributed by atoms with Gasteiger partial charge in [-0.3, -0.25) is 4.79 Å². The molecule has 0 radical (unpaired) electrons. The van der Waals surface area contributed by atoms with Crippen LogP contribution < -0.4 is 10.3 Å². The maximum absolute atomic E-state index is 12.3. The molecule has 0 saturated carbocycles. The number of aromatic nitrogens is 1. The minimum atomic E-state index is -0.192. The number of fused-ring (bicyclic) bond motifs is 1. The van der Waals surface area contributed by atoms with Gasteiger partial charge in [-0.25, -0.2) is 0 Å². The lowest BCUT2D eigenvalue weighted by atomic mass is 9.93. The maximum atomic E-state index is 12.3. The molecule has 0 fully saturated rings. The average Bonchev–Trinajstić information content (AvgIpc) is 2.62. The molecule has 0 saturated heterocycles. The van der Waals surface area contributed by atoms with Gasteiger partial charge >= 0.3 is 0 Å². The van der Waals surface area contributed by atoms with Gasteiger partial charge in [-0.1, -0.05) is 18.2 Å². The van der Waals surface area contributed by atoms with Crippen LogP contribution in [0.5, 0.6) is 5.75 Å². The number of hydrogen-bond donors (Lipinski definition) is 1. The van der Waals surface area contributed by atoms with Gasteiger partial charge in [0.25, 0.3) is 5.56 Å². The van der Waals surface area contributed by atoms with Crippen molar-refractivity contribution in [3.8, 4) is 22.9 Å². The number of methoxy groups -OCH3 is 1. The van der Waals surface area contributed by atoms with Crippen LogP contribution in [0.2, 0.25) is 0 Å². The zero-order valence-electron chi connectivity index (χ0n) is 14.1. The molecule has 0 aliphatic heterocycles. The van der Waals surface area contributed by atoms with Gasteiger partial charge in [0.05, 0.1) is 12.0 Å². The van der Waals surface area contributed by atoms with Crippen LogP contribution in [0.1, 0.15) is 11.1 Å². The Bertz CT molecular complexity index is 1020. The van der Waals surface area contributed by atoms with E-state index in [2.05, 4.69) is 4.98 Å². The third kappa shape index (κ3) is 3.25. The molecule has 5 nitrogen and oxygen atoms in total. The molecule has 1 aromatic heterocycles. The predicted molar refractivity (Wildman–Crippen MR) is 96.6 cm³/mol. The molecule has 0 amide bonds. The predicted octanol–water partition coefficient (Wildman–Crippen LogP) is 3.55. The highest BCUT2D eigenvalue weighted by Gasteiger charge is 2.13. The fourth-order valence-electron chi connectivity index (χ4n) is 3.04. The van der Waals surface area contributed by atoms with Crippen molar-refractivity contribution < 1.29 is 9.47 Å². The third-order valence-corrected chi connectivity index (χ3v) is 4.11. The summed E-state index contributed by atoms with van der Waals surface area (Å²) in [5.74, 6) is 0.499. The molecule has 0 atom stereocenters. The lowest BCUT2D eigenvalue weighted by Gasteiger charge is -2.15. The Hall–Kier alpha value is -3.10. The first-order chi connectivity index (χ1) is 12.2. The van der Waals surface area contributed by atoms with Crippen LogP contribution in [0.25, 0.3) is 21.9 Å². The molecular formula is C20H18N2O3. The Balaban J connectivity index is 2.24. The Morgan fingerprint density at radius 1 is 1.20 bits per heavy atom. The Kier molecular flexibility index (Phi) is 4.82. The number of H-pyrrole nitrogens is 1. The fraction of sp³-hybridized carbons (Fsp3) is 0.200. The number of aryl methyl sites for hydroxylation is 1. The number of pyridine rings is 1. The minimum absolute atomic E-state index is 0.0567. The van der Waals surface area contributed by atoms with E-state index < -0.39 is 0 Å². The minimum Gasteiger partial charge on any atom is -0.479 e. The van der Waals surface area contributed by atoms with E-state index in [9.17, 15) is 4.79 Å². The number of nitriles is 1. The van der Waals surface area contributed by atoms with Gasteiger partial charge in [0.1, 0.15) is 11.8 Å². The van der Waals surface area contributed by atoms with Gasteiger partial charge in [0.15, 0.2) is 6.61 Å². The number of hydrogen-bond acceptors (Lipinski definition) is 4. The summed E-state index contributed by atoms with van der Waals surface area (Å²) in [6.07, 6.45) is 1.74. The number of benzene rings is 2. The van der Waals surface area contributed by atoms with Crippen molar-refractivity contribution in [1.29, 1.82) is 5.26 Å². The highest BCUT2D eigenvalue weighted by molar-refractivity contribution is 5.97. The first kappa shape index (κ1) is 16.7. The normalized spacial score (nSPS) is 10.6. The second kappa shape index (κ2) is 7.20. The fourth-order valence-corrected chi connectivity index (χ4v) is 3.04. The molecule has 5 heteroatoms. The van der Waals surface area contributed by atoms with Crippen molar-refractivity contribution >= 4 is 10.8 Å². The van der Waals surface area contributed by atoms with Gasteiger partial charge in [-0.15, -0.1) is 0 Å². The van der Waals surface area contributed by atoms with Crippen LogP contribution in [0.3, 0.4) is 0 Å². The molecule has 0 spiro atoms. The van der Waals surface area contributed by atoms with Crippen molar-refractivity contribution in [2.45, 2.75) is 13.5 Å². The van der Waals surface area contributed by atoms with E-state index in [-0.39, 0.29) is 12.2 Å². The van der Waals surface area contributed by atoms with E-state index >= 15 is 0 Å². The summed E-state index contributed by atoms with van der Waals surface area (Å²) >= 11 is 0. The largest absolute Gasteiger partial charge is 0.479 e. The standard InChI is InChI=1S/C20H18N2O3/c1-13-4-3-5-14(12-24-2)19(13)18-11-22-20(23)17-10-15(25-9-8-21)6-7-16(17)18/h3-7,10-11H,9,12H2,1-2H3,(H,22,23). The molecule has 3 aromatic rings. The monoisotopic (exact) mass is 334 g/mol. The van der Waals surface area contributed by atoms with Crippen LogP contribution in [-0.2, 0) is 11.3 Å². The summed E-state index contributed by atoms with van der Waals surface area (Å²) < 4.78 is 10.6. The summed E-state index contributed by atoms with van der Waals surface area (Å²) in [6, 6.07) is 13.3. The molecule has 0 aliphatic rings. The SMILES string of the molecule is COCc1cccc(C)c1-c1c[nH]c(=O)c2cc(OCC#N)ccc12. The number of rotatable bonds is 5. The van der Waals surface area contributed by atoms with E-state index in [4.69, 9.17) is 14.7 Å². The highest BCUT2D eigenvalue weighted by Crippen LogP contribution is 2.33. The van der Waals surface area contributed by atoms with Crippen molar-refractivity contribution in [2.24, 2.45) is 0 Å². The van der Waals surface area contributed by atoms with Gasteiger partial charge in [0.2, 0.25) is 0 Å². The second-order valence-corrected chi connectivity index (χ2v) is 5.73. The lowest BCUT2D eigenvalue weighted by molar-refractivity contribution is 0.185. The molecule has 0 unspecified atom stereocenters. The van der Waals surface area contributed by atoms with Crippen LogP contribution in [0.15, 0.2) is 47.4 Å². The molecule has 126 valence electrons. The van der Waals surface area contributed by atoms with Crippen molar-refractivity contribution in [3.63, 3.8) is 0 Å². The van der Waals surface area contributed by atoms with E-state index in [1.54, 1.807) is 25.4 Å². The second-order valence-electron chi connectivity index (χ2n) is 5.73. The molecule has 2 aromatic carbocycles. The van der Waals surface area contributed by atoms with Gasteiger partial charge < -0.3 is 14.5 Å². The highest BCUT2D eigenvalue weighted by atomic mass is 16.5. The maximum Gasteiger partial charge on any atom is 0.255 e. The summed E-state index contributed by atoms with van der Waals surface area (Å²) in [6.45, 7) is 2.47. The third-order valence-electron chi connectivity index (χ3n) is 4.11. The molecule has 0 bridgehead atoms. The van der Waals surface area contributed by atoms with Crippen molar-refractivity contribution in [2.75, 3.05) is 13.7 Å². The van der Waals surface area contributed by atoms with E-state index in [1.807, 2.05) is 37.3 Å². The van der Waals surface area contributed by atoms with Crippen molar-refractivity contribution in [1.82, 2.24) is 4.98 Å². The van der Waals surface area contributed by atoms with Crippen LogP contribution in [0, 0.1) is 18.3 Å².